The molecule has 0 fully saturated rings. The lowest BCUT2D eigenvalue weighted by Crippen LogP contribution is -2.04. The largest absolute Gasteiger partial charge is 0.294 e. The fourth-order valence-electron chi connectivity index (χ4n) is 1.90. The number of hydrogen-bond donors (Lipinski definition) is 0. The topological polar surface area (TPSA) is 17.1 Å². The summed E-state index contributed by atoms with van der Waals surface area (Å²) in [7, 11) is 0. The van der Waals surface area contributed by atoms with E-state index in [1.165, 1.54) is 0 Å². The molecule has 2 aromatic carbocycles. The molecule has 0 bridgehead atoms. The van der Waals surface area contributed by atoms with Gasteiger partial charge < -0.3 is 0 Å². The van der Waals surface area contributed by atoms with Gasteiger partial charge in [-0.05, 0) is 29.7 Å². The van der Waals surface area contributed by atoms with Gasteiger partial charge in [-0.25, -0.2) is 0 Å². The maximum atomic E-state index is 12.2. The second kappa shape index (κ2) is 6.73. The van der Waals surface area contributed by atoms with Gasteiger partial charge in [0.2, 0.25) is 0 Å². The first-order valence-electron chi connectivity index (χ1n) is 6.02. The van der Waals surface area contributed by atoms with E-state index in [0.29, 0.717) is 6.42 Å². The van der Waals surface area contributed by atoms with Crippen LogP contribution in [0.4, 0.5) is 0 Å². The molecule has 0 aromatic heterocycles. The molecule has 0 aliphatic rings. The SMILES string of the molecule is O=C(CCc1ccc(Br)cc1)c1ccccc1C=S. The first-order chi connectivity index (χ1) is 9.20. The van der Waals surface area contributed by atoms with Crippen LogP contribution >= 0.6 is 28.1 Å². The summed E-state index contributed by atoms with van der Waals surface area (Å²) in [5.74, 6) is 0.139. The lowest BCUT2D eigenvalue weighted by atomic mass is 9.99. The van der Waals surface area contributed by atoms with Crippen LogP contribution in [0.1, 0.15) is 27.9 Å². The summed E-state index contributed by atoms with van der Waals surface area (Å²) < 4.78 is 1.05. The second-order valence-electron chi connectivity index (χ2n) is 4.25. The van der Waals surface area contributed by atoms with Crippen LogP contribution < -0.4 is 0 Å². The van der Waals surface area contributed by atoms with Gasteiger partial charge >= 0.3 is 0 Å². The Morgan fingerprint density at radius 2 is 1.79 bits per heavy atom. The molecule has 0 radical (unpaired) electrons. The third-order valence-electron chi connectivity index (χ3n) is 2.94. The Kier molecular flexibility index (Phi) is 5.00. The first-order valence-corrected chi connectivity index (χ1v) is 7.29. The van der Waals surface area contributed by atoms with Crippen molar-refractivity contribution in [2.75, 3.05) is 0 Å². The molecule has 0 saturated heterocycles. The Morgan fingerprint density at radius 3 is 2.47 bits per heavy atom. The zero-order valence-corrected chi connectivity index (χ0v) is 12.7. The highest BCUT2D eigenvalue weighted by Crippen LogP contribution is 2.14. The molecular formula is C16H13BrOS. The molecule has 2 rings (SSSR count). The van der Waals surface area contributed by atoms with Crippen LogP contribution in [0.3, 0.4) is 0 Å². The molecule has 0 N–H and O–H groups in total. The number of halogens is 1. The van der Waals surface area contributed by atoms with Crippen molar-refractivity contribution in [2.24, 2.45) is 0 Å². The van der Waals surface area contributed by atoms with E-state index >= 15 is 0 Å². The van der Waals surface area contributed by atoms with Crippen molar-refractivity contribution in [3.63, 3.8) is 0 Å². The molecule has 0 aliphatic carbocycles. The van der Waals surface area contributed by atoms with E-state index in [4.69, 9.17) is 12.2 Å². The standard InChI is InChI=1S/C16H13BrOS/c17-14-8-5-12(6-9-14)7-10-16(18)15-4-2-1-3-13(15)11-19/h1-6,8-9,11H,7,10H2. The Balaban J connectivity index is 2.05. The molecular weight excluding hydrogens is 320 g/mol. The molecule has 19 heavy (non-hydrogen) atoms. The monoisotopic (exact) mass is 332 g/mol. The minimum atomic E-state index is 0.139. The summed E-state index contributed by atoms with van der Waals surface area (Å²) in [5, 5.41) is 1.56. The first kappa shape index (κ1) is 14.1. The van der Waals surface area contributed by atoms with Crippen LogP contribution in [-0.2, 0) is 6.42 Å². The van der Waals surface area contributed by atoms with Gasteiger partial charge in [-0.15, -0.1) is 0 Å². The third kappa shape index (κ3) is 3.82. The highest BCUT2D eigenvalue weighted by Gasteiger charge is 2.09. The number of ketones is 1. The normalized spacial score (nSPS) is 10.2. The number of aryl methyl sites for hydroxylation is 1. The molecule has 0 amide bonds. The molecule has 1 nitrogen and oxygen atoms in total. The fraction of sp³-hybridized carbons (Fsp3) is 0.125. The summed E-state index contributed by atoms with van der Waals surface area (Å²) >= 11 is 8.33. The summed E-state index contributed by atoms with van der Waals surface area (Å²) in [5.41, 5.74) is 2.71. The Bertz CT molecular complexity index is 590. The van der Waals surface area contributed by atoms with Crippen molar-refractivity contribution in [3.8, 4) is 0 Å². The Labute approximate surface area is 126 Å². The minimum Gasteiger partial charge on any atom is -0.294 e. The van der Waals surface area contributed by atoms with Crippen LogP contribution in [0.2, 0.25) is 0 Å². The van der Waals surface area contributed by atoms with Crippen molar-refractivity contribution in [1.29, 1.82) is 0 Å². The number of Topliss-reactive ketones (excluding diaryl/α,β-unsaturated/α-hetero) is 1. The molecule has 96 valence electrons. The molecule has 0 spiro atoms. The van der Waals surface area contributed by atoms with E-state index < -0.39 is 0 Å². The van der Waals surface area contributed by atoms with Crippen molar-refractivity contribution in [1.82, 2.24) is 0 Å². The number of rotatable bonds is 5. The highest BCUT2D eigenvalue weighted by atomic mass is 79.9. The van der Waals surface area contributed by atoms with Gasteiger partial charge in [-0.3, -0.25) is 4.79 Å². The van der Waals surface area contributed by atoms with E-state index in [1.807, 2.05) is 48.5 Å². The average Bonchev–Trinajstić information content (AvgIpc) is 2.46. The quantitative estimate of drug-likeness (QED) is 0.587. The average molecular weight is 333 g/mol. The van der Waals surface area contributed by atoms with Crippen LogP contribution in [-0.4, -0.2) is 11.2 Å². The maximum Gasteiger partial charge on any atom is 0.163 e. The summed E-state index contributed by atoms with van der Waals surface area (Å²) in [4.78, 5) is 12.2. The molecule has 3 heteroatoms. The summed E-state index contributed by atoms with van der Waals surface area (Å²) in [6.45, 7) is 0. The Morgan fingerprint density at radius 1 is 1.11 bits per heavy atom. The predicted octanol–water partition coefficient (Wildman–Crippen LogP) is 4.61. The van der Waals surface area contributed by atoms with Crippen molar-refractivity contribution in [3.05, 3.63) is 69.7 Å². The van der Waals surface area contributed by atoms with E-state index in [-0.39, 0.29) is 5.78 Å². The summed E-state index contributed by atoms with van der Waals surface area (Å²) in [6.07, 6.45) is 1.25. The number of hydrogen-bond acceptors (Lipinski definition) is 2. The summed E-state index contributed by atoms with van der Waals surface area (Å²) in [6, 6.07) is 15.5. The third-order valence-corrected chi connectivity index (χ3v) is 3.72. The molecule has 0 aliphatic heterocycles. The van der Waals surface area contributed by atoms with Crippen LogP contribution in [0, 0.1) is 0 Å². The van der Waals surface area contributed by atoms with Crippen molar-refractivity contribution in [2.45, 2.75) is 12.8 Å². The molecule has 0 unspecified atom stereocenters. The zero-order chi connectivity index (χ0) is 13.7. The number of carbonyl (C=O) groups excluding carboxylic acids is 1. The predicted molar refractivity (Wildman–Crippen MR) is 86.0 cm³/mol. The Hall–Kier alpha value is -1.32. The number of benzene rings is 2. The second-order valence-corrected chi connectivity index (χ2v) is 5.41. The van der Waals surface area contributed by atoms with Gasteiger partial charge in [0, 0.05) is 21.8 Å². The zero-order valence-electron chi connectivity index (χ0n) is 10.3. The fourth-order valence-corrected chi connectivity index (χ4v) is 2.37. The number of carbonyl (C=O) groups is 1. The van der Waals surface area contributed by atoms with Crippen molar-refractivity contribution >= 4 is 39.3 Å². The minimum absolute atomic E-state index is 0.139. The van der Waals surface area contributed by atoms with Gasteiger partial charge in [-0.2, -0.15) is 0 Å². The van der Waals surface area contributed by atoms with Gasteiger partial charge in [0.1, 0.15) is 0 Å². The molecule has 0 atom stereocenters. The van der Waals surface area contributed by atoms with E-state index in [9.17, 15) is 4.79 Å². The van der Waals surface area contributed by atoms with E-state index in [1.54, 1.807) is 5.37 Å². The molecule has 0 heterocycles. The molecule has 0 saturated carbocycles. The van der Waals surface area contributed by atoms with Crippen LogP contribution in [0.5, 0.6) is 0 Å². The van der Waals surface area contributed by atoms with Crippen LogP contribution in [0.15, 0.2) is 53.0 Å². The van der Waals surface area contributed by atoms with Gasteiger partial charge in [0.25, 0.3) is 0 Å². The smallest absolute Gasteiger partial charge is 0.163 e. The highest BCUT2D eigenvalue weighted by molar-refractivity contribution is 9.10. The number of thiocarbonyl (C=S) groups is 1. The molecule has 2 aromatic rings. The van der Waals surface area contributed by atoms with Gasteiger partial charge in [0.15, 0.2) is 5.78 Å². The lowest BCUT2D eigenvalue weighted by Gasteiger charge is -2.05. The van der Waals surface area contributed by atoms with Gasteiger partial charge in [0.05, 0.1) is 0 Å². The van der Waals surface area contributed by atoms with Gasteiger partial charge in [-0.1, -0.05) is 64.5 Å². The van der Waals surface area contributed by atoms with E-state index in [2.05, 4.69) is 15.9 Å². The van der Waals surface area contributed by atoms with Crippen LogP contribution in [0.25, 0.3) is 0 Å². The van der Waals surface area contributed by atoms with Crippen molar-refractivity contribution < 1.29 is 4.79 Å². The lowest BCUT2D eigenvalue weighted by molar-refractivity contribution is 0.0983. The maximum absolute atomic E-state index is 12.2. The van der Waals surface area contributed by atoms with E-state index in [0.717, 1.165) is 27.6 Å².